The molecule has 3 rings (SSSR count). The third-order valence-electron chi connectivity index (χ3n) is 5.63. The van der Waals surface area contributed by atoms with Gasteiger partial charge in [-0.3, -0.25) is 14.5 Å². The average molecular weight is 346 g/mol. The molecule has 0 bridgehead atoms. The van der Waals surface area contributed by atoms with E-state index in [2.05, 4.69) is 18.7 Å². The standard InChI is InChI=1S/C19H26N2O4/c1-18(2)11-19(17(23)24-3)12-21(9-15(18)19)8-13-4-6-14(7-5-13)25-10-16(20)22/h4-7,15H,8-12H2,1-3H3,(H2,20,22)/t15-,19+/m1/s1. The van der Waals surface area contributed by atoms with Crippen LogP contribution < -0.4 is 10.5 Å². The Morgan fingerprint density at radius 1 is 1.28 bits per heavy atom. The number of nitrogens with zero attached hydrogens (tertiary/aromatic N) is 1. The van der Waals surface area contributed by atoms with Crippen LogP contribution in [0.3, 0.4) is 0 Å². The Hall–Kier alpha value is -2.08. The molecule has 1 amide bonds. The van der Waals surface area contributed by atoms with Crippen LogP contribution in [0.5, 0.6) is 5.75 Å². The number of ether oxygens (including phenoxy) is 2. The highest BCUT2D eigenvalue weighted by Crippen LogP contribution is 2.63. The van der Waals surface area contributed by atoms with Gasteiger partial charge in [0, 0.05) is 19.6 Å². The zero-order valence-corrected chi connectivity index (χ0v) is 15.1. The van der Waals surface area contributed by atoms with Gasteiger partial charge in [0.15, 0.2) is 6.61 Å². The van der Waals surface area contributed by atoms with Gasteiger partial charge in [-0.2, -0.15) is 0 Å². The van der Waals surface area contributed by atoms with Crippen molar-refractivity contribution in [2.24, 2.45) is 22.5 Å². The number of amides is 1. The van der Waals surface area contributed by atoms with E-state index in [0.717, 1.165) is 31.6 Å². The number of methoxy groups -OCH3 is 1. The lowest BCUT2D eigenvalue weighted by Gasteiger charge is -2.54. The minimum atomic E-state index is -0.493. The van der Waals surface area contributed by atoms with Crippen LogP contribution in [0.1, 0.15) is 25.8 Å². The normalized spacial score (nSPS) is 27.2. The number of nitrogens with two attached hydrogens (primary N) is 1. The minimum Gasteiger partial charge on any atom is -0.484 e. The zero-order valence-electron chi connectivity index (χ0n) is 15.1. The second kappa shape index (κ2) is 6.33. The van der Waals surface area contributed by atoms with Crippen molar-refractivity contribution in [1.82, 2.24) is 4.90 Å². The molecule has 1 heterocycles. The first-order valence-corrected chi connectivity index (χ1v) is 8.58. The summed E-state index contributed by atoms with van der Waals surface area (Å²) in [7, 11) is 1.48. The van der Waals surface area contributed by atoms with Crippen molar-refractivity contribution >= 4 is 11.9 Å². The van der Waals surface area contributed by atoms with Gasteiger partial charge in [-0.25, -0.2) is 0 Å². The molecule has 136 valence electrons. The van der Waals surface area contributed by atoms with Crippen LogP contribution in [-0.4, -0.2) is 43.6 Å². The van der Waals surface area contributed by atoms with E-state index in [1.807, 2.05) is 24.3 Å². The van der Waals surface area contributed by atoms with Crippen LogP contribution >= 0.6 is 0 Å². The van der Waals surface area contributed by atoms with Crippen molar-refractivity contribution < 1.29 is 19.1 Å². The van der Waals surface area contributed by atoms with Gasteiger partial charge >= 0.3 is 5.97 Å². The van der Waals surface area contributed by atoms with Gasteiger partial charge in [0.2, 0.25) is 0 Å². The number of esters is 1. The zero-order chi connectivity index (χ0) is 18.2. The van der Waals surface area contributed by atoms with E-state index in [4.69, 9.17) is 15.2 Å². The fourth-order valence-corrected chi connectivity index (χ4v) is 4.69. The molecule has 0 unspecified atom stereocenters. The maximum absolute atomic E-state index is 12.4. The number of hydrogen-bond acceptors (Lipinski definition) is 5. The number of rotatable bonds is 6. The van der Waals surface area contributed by atoms with Crippen molar-refractivity contribution in [3.8, 4) is 5.75 Å². The van der Waals surface area contributed by atoms with Crippen LogP contribution in [-0.2, 0) is 20.9 Å². The van der Waals surface area contributed by atoms with E-state index < -0.39 is 5.91 Å². The predicted molar refractivity (Wildman–Crippen MR) is 92.7 cm³/mol. The Morgan fingerprint density at radius 2 is 1.96 bits per heavy atom. The Morgan fingerprint density at radius 3 is 2.52 bits per heavy atom. The fraction of sp³-hybridized carbons (Fsp3) is 0.579. The first-order chi connectivity index (χ1) is 11.8. The van der Waals surface area contributed by atoms with Crippen LogP contribution in [0, 0.1) is 16.7 Å². The number of hydrogen-bond donors (Lipinski definition) is 1. The number of benzene rings is 1. The van der Waals surface area contributed by atoms with Crippen molar-refractivity contribution in [3.63, 3.8) is 0 Å². The van der Waals surface area contributed by atoms with Gasteiger partial charge in [0.1, 0.15) is 5.75 Å². The van der Waals surface area contributed by atoms with Crippen LogP contribution in [0.25, 0.3) is 0 Å². The Labute approximate surface area is 148 Å². The highest BCUT2D eigenvalue weighted by molar-refractivity contribution is 5.80. The van der Waals surface area contributed by atoms with E-state index in [9.17, 15) is 9.59 Å². The Kier molecular flexibility index (Phi) is 4.49. The lowest BCUT2D eigenvalue weighted by Crippen LogP contribution is -2.57. The molecule has 6 heteroatoms. The highest BCUT2D eigenvalue weighted by atomic mass is 16.5. The topological polar surface area (TPSA) is 81.9 Å². The predicted octanol–water partition coefficient (Wildman–Crippen LogP) is 1.57. The first kappa shape index (κ1) is 17.7. The van der Waals surface area contributed by atoms with E-state index in [0.29, 0.717) is 11.7 Å². The molecule has 1 aliphatic heterocycles. The maximum atomic E-state index is 12.4. The number of primary amides is 1. The first-order valence-electron chi connectivity index (χ1n) is 8.58. The summed E-state index contributed by atoms with van der Waals surface area (Å²) in [5.41, 5.74) is 6.05. The molecule has 2 aliphatic rings. The molecule has 1 aromatic rings. The second-order valence-corrected chi connectivity index (χ2v) is 7.93. The molecule has 1 saturated carbocycles. The van der Waals surface area contributed by atoms with Gasteiger partial charge in [0.25, 0.3) is 5.91 Å². The molecular weight excluding hydrogens is 320 g/mol. The summed E-state index contributed by atoms with van der Waals surface area (Å²) in [6.45, 7) is 6.77. The summed E-state index contributed by atoms with van der Waals surface area (Å²) in [5.74, 6) is 0.392. The molecule has 2 fully saturated rings. The summed E-state index contributed by atoms with van der Waals surface area (Å²) in [4.78, 5) is 25.4. The summed E-state index contributed by atoms with van der Waals surface area (Å²) in [5, 5.41) is 0. The SMILES string of the molecule is COC(=O)[C@@]12CN(Cc3ccc(OCC(N)=O)cc3)C[C@@H]1C(C)(C)C2. The van der Waals surface area contributed by atoms with Gasteiger partial charge < -0.3 is 15.2 Å². The molecule has 1 aromatic carbocycles. The summed E-state index contributed by atoms with van der Waals surface area (Å²) in [6, 6.07) is 7.63. The van der Waals surface area contributed by atoms with Crippen LogP contribution in [0.2, 0.25) is 0 Å². The lowest BCUT2D eigenvalue weighted by atomic mass is 9.48. The van der Waals surface area contributed by atoms with Gasteiger partial charge in [0.05, 0.1) is 12.5 Å². The van der Waals surface area contributed by atoms with E-state index >= 15 is 0 Å². The van der Waals surface area contributed by atoms with Gasteiger partial charge in [-0.05, 0) is 35.4 Å². The van der Waals surface area contributed by atoms with Crippen molar-refractivity contribution in [3.05, 3.63) is 29.8 Å². The smallest absolute Gasteiger partial charge is 0.313 e. The molecule has 2 atom stereocenters. The second-order valence-electron chi connectivity index (χ2n) is 7.93. The summed E-state index contributed by atoms with van der Waals surface area (Å²) in [6.07, 6.45) is 0.883. The number of carbonyl (C=O) groups is 2. The van der Waals surface area contributed by atoms with E-state index in [1.165, 1.54) is 7.11 Å². The maximum Gasteiger partial charge on any atom is 0.313 e. The third kappa shape index (κ3) is 3.23. The van der Waals surface area contributed by atoms with Crippen molar-refractivity contribution in [2.45, 2.75) is 26.8 Å². The van der Waals surface area contributed by atoms with E-state index in [1.54, 1.807) is 0 Å². The minimum absolute atomic E-state index is 0.0745. The quantitative estimate of drug-likeness (QED) is 0.791. The van der Waals surface area contributed by atoms with Crippen LogP contribution in [0.15, 0.2) is 24.3 Å². The number of likely N-dealkylation sites (tertiary alicyclic amines) is 1. The molecule has 6 nitrogen and oxygen atoms in total. The average Bonchev–Trinajstić information content (AvgIpc) is 2.88. The molecular formula is C19H26N2O4. The molecule has 0 radical (unpaired) electrons. The molecule has 2 N–H and O–H groups in total. The van der Waals surface area contributed by atoms with Crippen molar-refractivity contribution in [1.29, 1.82) is 0 Å². The Balaban J connectivity index is 1.64. The fourth-order valence-electron chi connectivity index (χ4n) is 4.69. The van der Waals surface area contributed by atoms with Crippen LogP contribution in [0.4, 0.5) is 0 Å². The van der Waals surface area contributed by atoms with Gasteiger partial charge in [-0.15, -0.1) is 0 Å². The third-order valence-corrected chi connectivity index (χ3v) is 5.63. The summed E-state index contributed by atoms with van der Waals surface area (Å²) < 4.78 is 10.4. The largest absolute Gasteiger partial charge is 0.484 e. The lowest BCUT2D eigenvalue weighted by molar-refractivity contribution is -0.174. The number of fused-ring (bicyclic) bond motifs is 1. The highest BCUT2D eigenvalue weighted by Gasteiger charge is 2.67. The molecule has 0 spiro atoms. The van der Waals surface area contributed by atoms with Crippen molar-refractivity contribution in [2.75, 3.05) is 26.8 Å². The molecule has 1 saturated heterocycles. The Bertz CT molecular complexity index is 671. The monoisotopic (exact) mass is 346 g/mol. The van der Waals surface area contributed by atoms with Gasteiger partial charge in [-0.1, -0.05) is 26.0 Å². The summed E-state index contributed by atoms with van der Waals surface area (Å²) >= 11 is 0. The number of carbonyl (C=O) groups excluding carboxylic acids is 2. The molecule has 25 heavy (non-hydrogen) atoms. The molecule has 1 aliphatic carbocycles. The van der Waals surface area contributed by atoms with E-state index in [-0.39, 0.29) is 23.4 Å². The molecule has 0 aromatic heterocycles.